The second-order valence-corrected chi connectivity index (χ2v) is 6.07. The highest BCUT2D eigenvalue weighted by Gasteiger charge is 2.25. The first-order valence-electron chi connectivity index (χ1n) is 8.32. The van der Waals surface area contributed by atoms with E-state index in [1.165, 1.54) is 24.8 Å². The second-order valence-electron chi connectivity index (χ2n) is 6.07. The largest absolute Gasteiger partial charge is 0.338 e. The predicted molar refractivity (Wildman–Crippen MR) is 87.2 cm³/mol. The molecule has 1 saturated heterocycles. The first-order chi connectivity index (χ1) is 10.2. The summed E-state index contributed by atoms with van der Waals surface area (Å²) >= 11 is 0. The van der Waals surface area contributed by atoms with E-state index in [1.54, 1.807) is 0 Å². The minimum Gasteiger partial charge on any atom is -0.338 e. The average Bonchev–Trinajstić information content (AvgIpc) is 2.54. The minimum absolute atomic E-state index is 0.228. The Morgan fingerprint density at radius 1 is 1.24 bits per heavy atom. The summed E-state index contributed by atoms with van der Waals surface area (Å²) in [5, 5.41) is 0. The van der Waals surface area contributed by atoms with E-state index < -0.39 is 0 Å². The van der Waals surface area contributed by atoms with Crippen molar-refractivity contribution in [2.24, 2.45) is 5.73 Å². The van der Waals surface area contributed by atoms with Gasteiger partial charge >= 0.3 is 0 Å². The van der Waals surface area contributed by atoms with Gasteiger partial charge in [-0.1, -0.05) is 37.6 Å². The summed E-state index contributed by atoms with van der Waals surface area (Å²) in [5.74, 6) is 0.228. The van der Waals surface area contributed by atoms with Gasteiger partial charge in [0, 0.05) is 19.1 Å². The summed E-state index contributed by atoms with van der Waals surface area (Å²) in [7, 11) is 0. The molecule has 1 amide bonds. The van der Waals surface area contributed by atoms with Crippen molar-refractivity contribution in [1.82, 2.24) is 4.90 Å². The maximum atomic E-state index is 12.5. The highest BCUT2D eigenvalue weighted by Crippen LogP contribution is 2.18. The van der Waals surface area contributed by atoms with Crippen LogP contribution in [0.4, 0.5) is 0 Å². The van der Waals surface area contributed by atoms with Gasteiger partial charge in [0.2, 0.25) is 5.91 Å². The van der Waals surface area contributed by atoms with E-state index in [0.717, 1.165) is 31.4 Å². The molecule has 1 unspecified atom stereocenters. The van der Waals surface area contributed by atoms with Crippen molar-refractivity contribution in [3.63, 3.8) is 0 Å². The number of rotatable bonds is 6. The molecule has 116 valence electrons. The number of likely N-dealkylation sites (tertiary alicyclic amines) is 1. The molecule has 21 heavy (non-hydrogen) atoms. The molecule has 2 rings (SSSR count). The lowest BCUT2D eigenvalue weighted by atomic mass is 10.00. The van der Waals surface area contributed by atoms with E-state index in [9.17, 15) is 4.79 Å². The third-order valence-electron chi connectivity index (χ3n) is 4.42. The van der Waals surface area contributed by atoms with E-state index >= 15 is 0 Å². The fourth-order valence-corrected chi connectivity index (χ4v) is 3.05. The number of nitrogens with two attached hydrogens (primary N) is 1. The Hall–Kier alpha value is -1.35. The fourth-order valence-electron chi connectivity index (χ4n) is 3.05. The molecule has 1 fully saturated rings. The van der Waals surface area contributed by atoms with Crippen LogP contribution in [0.2, 0.25) is 0 Å². The maximum Gasteiger partial charge on any atom is 0.227 e. The number of carbonyl (C=O) groups is 1. The lowest BCUT2D eigenvalue weighted by molar-refractivity contribution is -0.133. The molecule has 1 aliphatic rings. The number of benzene rings is 1. The summed E-state index contributed by atoms with van der Waals surface area (Å²) < 4.78 is 0. The monoisotopic (exact) mass is 288 g/mol. The van der Waals surface area contributed by atoms with Crippen molar-refractivity contribution in [2.45, 2.75) is 57.9 Å². The molecule has 1 heterocycles. The van der Waals surface area contributed by atoms with Gasteiger partial charge in [-0.05, 0) is 43.2 Å². The van der Waals surface area contributed by atoms with E-state index in [2.05, 4.69) is 31.2 Å². The normalized spacial score (nSPS) is 18.8. The first-order valence-corrected chi connectivity index (χ1v) is 8.32. The SMILES string of the molecule is CCCCc1ccc(CC(=O)N2CCCCC2CN)cc1. The predicted octanol–water partition coefficient (Wildman–Crippen LogP) is 2.91. The summed E-state index contributed by atoms with van der Waals surface area (Å²) in [6.07, 6.45) is 7.44. The Labute approximate surface area is 128 Å². The van der Waals surface area contributed by atoms with Gasteiger partial charge in [0.15, 0.2) is 0 Å². The molecule has 3 heteroatoms. The highest BCUT2D eigenvalue weighted by molar-refractivity contribution is 5.79. The van der Waals surface area contributed by atoms with Crippen LogP contribution in [0, 0.1) is 0 Å². The zero-order valence-electron chi connectivity index (χ0n) is 13.2. The smallest absolute Gasteiger partial charge is 0.227 e. The van der Waals surface area contributed by atoms with E-state index in [-0.39, 0.29) is 11.9 Å². The third kappa shape index (κ3) is 4.57. The summed E-state index contributed by atoms with van der Waals surface area (Å²) in [5.41, 5.74) is 8.28. The maximum absolute atomic E-state index is 12.5. The molecular formula is C18H28N2O. The van der Waals surface area contributed by atoms with Crippen molar-refractivity contribution < 1.29 is 4.79 Å². The Morgan fingerprint density at radius 3 is 2.62 bits per heavy atom. The van der Waals surface area contributed by atoms with E-state index in [1.807, 2.05) is 4.90 Å². The molecule has 1 aromatic rings. The van der Waals surface area contributed by atoms with Gasteiger partial charge in [0.05, 0.1) is 6.42 Å². The number of hydrogen-bond donors (Lipinski definition) is 1. The Kier molecular flexibility index (Phi) is 6.24. The molecule has 0 saturated carbocycles. The molecule has 0 aromatic heterocycles. The van der Waals surface area contributed by atoms with E-state index in [0.29, 0.717) is 13.0 Å². The molecule has 1 aliphatic heterocycles. The quantitative estimate of drug-likeness (QED) is 0.875. The van der Waals surface area contributed by atoms with Crippen molar-refractivity contribution in [2.75, 3.05) is 13.1 Å². The molecule has 2 N–H and O–H groups in total. The average molecular weight is 288 g/mol. The van der Waals surface area contributed by atoms with Gasteiger partial charge in [-0.2, -0.15) is 0 Å². The van der Waals surface area contributed by atoms with Crippen LogP contribution in [0.25, 0.3) is 0 Å². The molecule has 1 aromatic carbocycles. The number of piperidine rings is 1. The van der Waals surface area contributed by atoms with Crippen molar-refractivity contribution >= 4 is 5.91 Å². The second kappa shape index (κ2) is 8.18. The minimum atomic E-state index is 0.228. The van der Waals surface area contributed by atoms with Crippen molar-refractivity contribution in [3.8, 4) is 0 Å². The van der Waals surface area contributed by atoms with Crippen LogP contribution in [-0.4, -0.2) is 29.9 Å². The van der Waals surface area contributed by atoms with Gasteiger partial charge in [0.25, 0.3) is 0 Å². The molecule has 3 nitrogen and oxygen atoms in total. The molecule has 0 aliphatic carbocycles. The number of unbranched alkanes of at least 4 members (excludes halogenated alkanes) is 1. The topological polar surface area (TPSA) is 46.3 Å². The van der Waals surface area contributed by atoms with Crippen LogP contribution < -0.4 is 5.73 Å². The van der Waals surface area contributed by atoms with Crippen molar-refractivity contribution in [3.05, 3.63) is 35.4 Å². The number of aryl methyl sites for hydroxylation is 1. The van der Waals surface area contributed by atoms with Crippen LogP contribution in [0.1, 0.15) is 50.2 Å². The molecule has 1 atom stereocenters. The van der Waals surface area contributed by atoms with Gasteiger partial charge < -0.3 is 10.6 Å². The zero-order valence-corrected chi connectivity index (χ0v) is 13.2. The standard InChI is InChI=1S/C18H28N2O/c1-2-3-6-15-8-10-16(11-9-15)13-18(21)20-12-5-4-7-17(20)14-19/h8-11,17H,2-7,12-14,19H2,1H3. The van der Waals surface area contributed by atoms with Gasteiger partial charge in [-0.3, -0.25) is 4.79 Å². The first kappa shape index (κ1) is 16.0. The fraction of sp³-hybridized carbons (Fsp3) is 0.611. The van der Waals surface area contributed by atoms with E-state index in [4.69, 9.17) is 5.73 Å². The lowest BCUT2D eigenvalue weighted by Crippen LogP contribution is -2.48. The van der Waals surface area contributed by atoms with Crippen LogP contribution in [-0.2, 0) is 17.6 Å². The van der Waals surface area contributed by atoms with Crippen LogP contribution in [0.5, 0.6) is 0 Å². The molecular weight excluding hydrogens is 260 g/mol. The third-order valence-corrected chi connectivity index (χ3v) is 4.42. The molecule has 0 bridgehead atoms. The molecule has 0 spiro atoms. The number of carbonyl (C=O) groups excluding carboxylic acids is 1. The highest BCUT2D eigenvalue weighted by atomic mass is 16.2. The van der Waals surface area contributed by atoms with Crippen molar-refractivity contribution in [1.29, 1.82) is 0 Å². The summed E-state index contributed by atoms with van der Waals surface area (Å²) in [4.78, 5) is 14.5. The summed E-state index contributed by atoms with van der Waals surface area (Å²) in [6.45, 7) is 3.66. The number of hydrogen-bond acceptors (Lipinski definition) is 2. The number of amides is 1. The van der Waals surface area contributed by atoms with Crippen LogP contribution in [0.3, 0.4) is 0 Å². The Balaban J connectivity index is 1.92. The van der Waals surface area contributed by atoms with Crippen LogP contribution in [0.15, 0.2) is 24.3 Å². The Bertz CT molecular complexity index is 441. The van der Waals surface area contributed by atoms with Crippen LogP contribution >= 0.6 is 0 Å². The lowest BCUT2D eigenvalue weighted by Gasteiger charge is -2.35. The number of nitrogens with zero attached hydrogens (tertiary/aromatic N) is 1. The zero-order chi connectivity index (χ0) is 15.1. The summed E-state index contributed by atoms with van der Waals surface area (Å²) in [6, 6.07) is 8.77. The van der Waals surface area contributed by atoms with Gasteiger partial charge in [0.1, 0.15) is 0 Å². The Morgan fingerprint density at radius 2 is 1.95 bits per heavy atom. The van der Waals surface area contributed by atoms with Gasteiger partial charge in [-0.15, -0.1) is 0 Å². The molecule has 0 radical (unpaired) electrons. The van der Waals surface area contributed by atoms with Gasteiger partial charge in [-0.25, -0.2) is 0 Å².